The fraction of sp³-hybridized carbons (Fsp3) is 0.868. The van der Waals surface area contributed by atoms with E-state index < -0.39 is 0 Å². The number of esters is 2. The van der Waals surface area contributed by atoms with Crippen molar-refractivity contribution in [2.24, 2.45) is 0 Å². The Hall–Kier alpha value is -1.69. The fourth-order valence-corrected chi connectivity index (χ4v) is 8.07. The predicted octanol–water partition coefficient (Wildman–Crippen LogP) is 17.1. The van der Waals surface area contributed by atoms with Crippen molar-refractivity contribution in [1.29, 1.82) is 0 Å². The van der Waals surface area contributed by atoms with Gasteiger partial charge in [0.15, 0.2) is 0 Å². The van der Waals surface area contributed by atoms with Crippen LogP contribution < -0.4 is 5.32 Å². The Morgan fingerprint density at radius 1 is 0.525 bits per heavy atom. The molecule has 0 amide bonds. The third kappa shape index (κ3) is 44.2. The maximum Gasteiger partial charge on any atom is 0.306 e. The standard InChI is InChI=1S/C53H99NO4S/c1-5-9-13-16-21-29-38-48-57-52(55)45-34-28-22-24-31-40-49(41-36-37-47-54-51(59)44-12-8-4)39-30-23-19-20-27-35-46-53(56)58-50(42-32-25-17-14-10-6-2)43-33-26-18-15-11-7-3/h8,12,41,50H,5-7,9-11,13-40,42-48H2,1-4H3,(H,54,59)/b12-8+,49-41-. The van der Waals surface area contributed by atoms with Gasteiger partial charge in [0, 0.05) is 25.8 Å². The summed E-state index contributed by atoms with van der Waals surface area (Å²) in [6.45, 7) is 10.4. The topological polar surface area (TPSA) is 64.6 Å². The number of hydrogen-bond acceptors (Lipinski definition) is 5. The van der Waals surface area contributed by atoms with E-state index in [-0.39, 0.29) is 18.0 Å². The molecule has 5 nitrogen and oxygen atoms in total. The minimum Gasteiger partial charge on any atom is -0.466 e. The van der Waals surface area contributed by atoms with Gasteiger partial charge >= 0.3 is 11.9 Å². The maximum absolute atomic E-state index is 12.8. The van der Waals surface area contributed by atoms with Gasteiger partial charge in [-0.05, 0) is 90.4 Å². The first kappa shape index (κ1) is 57.3. The van der Waals surface area contributed by atoms with Gasteiger partial charge in [-0.3, -0.25) is 9.59 Å². The highest BCUT2D eigenvalue weighted by atomic mass is 32.1. The lowest BCUT2D eigenvalue weighted by Gasteiger charge is -2.18. The van der Waals surface area contributed by atoms with E-state index in [9.17, 15) is 9.59 Å². The van der Waals surface area contributed by atoms with Crippen molar-refractivity contribution in [3.05, 3.63) is 23.8 Å². The molecular weight excluding hydrogens is 747 g/mol. The molecule has 0 rings (SSSR count). The monoisotopic (exact) mass is 846 g/mol. The van der Waals surface area contributed by atoms with E-state index in [0.717, 1.165) is 75.7 Å². The van der Waals surface area contributed by atoms with Crippen molar-refractivity contribution in [1.82, 2.24) is 5.32 Å². The first-order chi connectivity index (χ1) is 29.0. The van der Waals surface area contributed by atoms with Crippen LogP contribution in [0.25, 0.3) is 0 Å². The Bertz CT molecular complexity index is 978. The lowest BCUT2D eigenvalue weighted by Crippen LogP contribution is -2.21. The van der Waals surface area contributed by atoms with Gasteiger partial charge < -0.3 is 14.8 Å². The molecule has 0 aliphatic heterocycles. The van der Waals surface area contributed by atoms with Crippen LogP contribution in [-0.4, -0.2) is 36.2 Å². The molecule has 1 N–H and O–H groups in total. The fourth-order valence-electron chi connectivity index (χ4n) is 7.87. The summed E-state index contributed by atoms with van der Waals surface area (Å²) in [5, 5.41) is 3.41. The summed E-state index contributed by atoms with van der Waals surface area (Å²) in [7, 11) is 0. The molecule has 0 saturated carbocycles. The number of hydrogen-bond donors (Lipinski definition) is 1. The highest BCUT2D eigenvalue weighted by Crippen LogP contribution is 2.21. The number of unbranched alkanes of at least 4 members (excludes halogenated alkanes) is 26. The molecule has 0 radical (unpaired) electrons. The van der Waals surface area contributed by atoms with Gasteiger partial charge in [-0.1, -0.05) is 204 Å². The number of ether oxygens (including phenoxy) is 2. The first-order valence-corrected chi connectivity index (χ1v) is 26.3. The molecule has 0 aromatic heterocycles. The van der Waals surface area contributed by atoms with Crippen molar-refractivity contribution in [3.63, 3.8) is 0 Å². The zero-order chi connectivity index (χ0) is 43.1. The van der Waals surface area contributed by atoms with Crippen LogP contribution in [0.15, 0.2) is 23.8 Å². The van der Waals surface area contributed by atoms with Gasteiger partial charge in [0.1, 0.15) is 6.10 Å². The number of carbonyl (C=O) groups excluding carboxylic acids is 2. The average molecular weight is 846 g/mol. The maximum atomic E-state index is 12.8. The van der Waals surface area contributed by atoms with Crippen LogP contribution in [0.3, 0.4) is 0 Å². The molecule has 0 unspecified atom stereocenters. The van der Waals surface area contributed by atoms with Crippen LogP contribution in [0.2, 0.25) is 0 Å². The molecule has 0 saturated heterocycles. The smallest absolute Gasteiger partial charge is 0.306 e. The molecule has 0 aromatic carbocycles. The number of allylic oxidation sites excluding steroid dienone is 3. The quantitative estimate of drug-likeness (QED) is 0.0285. The average Bonchev–Trinajstić information content (AvgIpc) is 3.23. The summed E-state index contributed by atoms with van der Waals surface area (Å²) in [5.74, 6) is 0.0234. The van der Waals surface area contributed by atoms with Gasteiger partial charge in [-0.15, -0.1) is 0 Å². The molecule has 0 fully saturated rings. The molecule has 346 valence electrons. The normalized spacial score (nSPS) is 11.8. The van der Waals surface area contributed by atoms with Crippen molar-refractivity contribution in [3.8, 4) is 0 Å². The van der Waals surface area contributed by atoms with Crippen LogP contribution in [0.1, 0.15) is 278 Å². The van der Waals surface area contributed by atoms with Gasteiger partial charge in [0.05, 0.1) is 11.6 Å². The molecule has 59 heavy (non-hydrogen) atoms. The van der Waals surface area contributed by atoms with E-state index in [4.69, 9.17) is 21.7 Å². The molecule has 0 spiro atoms. The first-order valence-electron chi connectivity index (χ1n) is 25.9. The molecular formula is C53H99NO4S. The molecule has 0 heterocycles. The van der Waals surface area contributed by atoms with E-state index in [1.54, 1.807) is 5.57 Å². The zero-order valence-corrected chi connectivity index (χ0v) is 40.7. The number of rotatable bonds is 46. The SMILES string of the molecule is C/C=C/CC(=S)NCCC/C=C(/CCCCCCCCC(=O)OC(CCCCCCCC)CCCCCCCC)CCCCCCCC(=O)OCCCCCCCCC. The van der Waals surface area contributed by atoms with E-state index in [0.29, 0.717) is 19.4 Å². The summed E-state index contributed by atoms with van der Waals surface area (Å²) in [6, 6.07) is 0. The minimum atomic E-state index is -0.0119. The molecule has 6 heteroatoms. The highest BCUT2D eigenvalue weighted by Gasteiger charge is 2.14. The van der Waals surface area contributed by atoms with E-state index in [1.807, 2.05) is 6.92 Å². The lowest BCUT2D eigenvalue weighted by molar-refractivity contribution is -0.150. The van der Waals surface area contributed by atoms with Crippen LogP contribution >= 0.6 is 12.2 Å². The zero-order valence-electron chi connectivity index (χ0n) is 39.8. The number of thiocarbonyl (C=S) groups is 1. The van der Waals surface area contributed by atoms with E-state index in [1.165, 1.54) is 173 Å². The Balaban J connectivity index is 4.43. The Labute approximate surface area is 373 Å². The van der Waals surface area contributed by atoms with Gasteiger partial charge in [-0.2, -0.15) is 0 Å². The molecule has 0 aromatic rings. The van der Waals surface area contributed by atoms with E-state index in [2.05, 4.69) is 44.3 Å². The number of nitrogens with one attached hydrogen (secondary N) is 1. The van der Waals surface area contributed by atoms with Crippen LogP contribution in [0.4, 0.5) is 0 Å². The summed E-state index contributed by atoms with van der Waals surface area (Å²) >= 11 is 5.44. The Morgan fingerprint density at radius 2 is 0.949 bits per heavy atom. The highest BCUT2D eigenvalue weighted by molar-refractivity contribution is 7.80. The van der Waals surface area contributed by atoms with Crippen LogP contribution in [0, 0.1) is 0 Å². The second-order valence-corrected chi connectivity index (χ2v) is 18.1. The Kier molecular flexibility index (Phi) is 46.0. The summed E-state index contributed by atoms with van der Waals surface area (Å²) < 4.78 is 11.5. The third-order valence-corrected chi connectivity index (χ3v) is 12.1. The lowest BCUT2D eigenvalue weighted by atomic mass is 9.98. The van der Waals surface area contributed by atoms with Crippen molar-refractivity contribution in [2.75, 3.05) is 13.2 Å². The minimum absolute atomic E-state index is 0.0119. The van der Waals surface area contributed by atoms with Gasteiger partial charge in [0.25, 0.3) is 0 Å². The molecule has 0 aliphatic rings. The second kappa shape index (κ2) is 47.4. The van der Waals surface area contributed by atoms with Crippen molar-refractivity contribution < 1.29 is 19.1 Å². The van der Waals surface area contributed by atoms with Crippen molar-refractivity contribution in [2.45, 2.75) is 284 Å². The number of carbonyl (C=O) groups is 2. The summed E-state index contributed by atoms with van der Waals surface area (Å²) in [5.41, 5.74) is 1.62. The van der Waals surface area contributed by atoms with Crippen LogP contribution in [0.5, 0.6) is 0 Å². The third-order valence-electron chi connectivity index (χ3n) is 11.8. The van der Waals surface area contributed by atoms with E-state index >= 15 is 0 Å². The Morgan fingerprint density at radius 3 is 1.44 bits per heavy atom. The molecule has 0 atom stereocenters. The van der Waals surface area contributed by atoms with Gasteiger partial charge in [0.2, 0.25) is 0 Å². The molecule has 0 bridgehead atoms. The predicted molar refractivity (Wildman–Crippen MR) is 261 cm³/mol. The van der Waals surface area contributed by atoms with Gasteiger partial charge in [-0.25, -0.2) is 0 Å². The largest absolute Gasteiger partial charge is 0.466 e. The molecule has 0 aliphatic carbocycles. The summed E-state index contributed by atoms with van der Waals surface area (Å²) in [6.07, 6.45) is 52.4. The van der Waals surface area contributed by atoms with Crippen molar-refractivity contribution >= 4 is 29.1 Å². The second-order valence-electron chi connectivity index (χ2n) is 17.6. The van der Waals surface area contributed by atoms with Crippen LogP contribution in [-0.2, 0) is 19.1 Å². The summed E-state index contributed by atoms with van der Waals surface area (Å²) in [4.78, 5) is 25.9.